The van der Waals surface area contributed by atoms with Crippen LogP contribution < -0.4 is 11.1 Å². The highest BCUT2D eigenvalue weighted by Crippen LogP contribution is 2.23. The van der Waals surface area contributed by atoms with Crippen LogP contribution in [-0.2, 0) is 4.74 Å². The zero-order chi connectivity index (χ0) is 12.3. The molecule has 1 fully saturated rings. The molecule has 0 unspecified atom stereocenters. The normalized spacial score (nSPS) is 19.0. The monoisotopic (exact) mass is 237 g/mol. The zero-order valence-electron chi connectivity index (χ0n) is 10.4. The Morgan fingerprint density at radius 1 is 1.24 bits per heavy atom. The van der Waals surface area contributed by atoms with Crippen LogP contribution in [0.3, 0.4) is 0 Å². The van der Waals surface area contributed by atoms with Crippen LogP contribution in [-0.4, -0.2) is 40.5 Å². The fourth-order valence-corrected chi connectivity index (χ4v) is 1.89. The van der Waals surface area contributed by atoms with Gasteiger partial charge in [-0.05, 0) is 26.7 Å². The van der Waals surface area contributed by atoms with E-state index in [2.05, 4.69) is 20.5 Å². The van der Waals surface area contributed by atoms with Gasteiger partial charge in [-0.2, -0.15) is 5.10 Å². The van der Waals surface area contributed by atoms with Crippen molar-refractivity contribution >= 4 is 5.95 Å². The Labute approximate surface area is 101 Å². The highest BCUT2D eigenvalue weighted by Gasteiger charge is 2.31. The number of nitrogens with zero attached hydrogens (tertiary/aromatic N) is 3. The summed E-state index contributed by atoms with van der Waals surface area (Å²) in [6, 6.07) is 0. The van der Waals surface area contributed by atoms with Gasteiger partial charge in [-0.15, -0.1) is 5.10 Å². The van der Waals surface area contributed by atoms with Crippen molar-refractivity contribution in [2.24, 2.45) is 5.73 Å². The number of anilines is 1. The molecule has 1 aromatic rings. The predicted molar refractivity (Wildman–Crippen MR) is 64.8 cm³/mol. The first-order chi connectivity index (χ1) is 8.15. The summed E-state index contributed by atoms with van der Waals surface area (Å²) in [5, 5.41) is 11.4. The Morgan fingerprint density at radius 3 is 2.53 bits per heavy atom. The lowest BCUT2D eigenvalue weighted by Gasteiger charge is -2.36. The van der Waals surface area contributed by atoms with Gasteiger partial charge >= 0.3 is 0 Å². The summed E-state index contributed by atoms with van der Waals surface area (Å²) in [6.45, 7) is 5.82. The summed E-state index contributed by atoms with van der Waals surface area (Å²) in [7, 11) is 0. The van der Waals surface area contributed by atoms with Gasteiger partial charge in [-0.25, -0.2) is 4.98 Å². The molecule has 2 heterocycles. The van der Waals surface area contributed by atoms with Crippen molar-refractivity contribution in [1.29, 1.82) is 0 Å². The number of rotatable bonds is 3. The van der Waals surface area contributed by atoms with Crippen molar-refractivity contribution in [3.8, 4) is 0 Å². The third-order valence-electron chi connectivity index (χ3n) is 3.31. The SMILES string of the molecule is Cc1nnc(NC2(CN)CCOCC2)nc1C. The number of nitrogens with two attached hydrogens (primary N) is 1. The van der Waals surface area contributed by atoms with Gasteiger partial charge in [0.15, 0.2) is 0 Å². The van der Waals surface area contributed by atoms with Crippen molar-refractivity contribution in [3.63, 3.8) is 0 Å². The average Bonchev–Trinajstić information content (AvgIpc) is 2.35. The highest BCUT2D eigenvalue weighted by molar-refractivity contribution is 5.30. The first-order valence-electron chi connectivity index (χ1n) is 5.89. The van der Waals surface area contributed by atoms with E-state index in [9.17, 15) is 0 Å². The standard InChI is InChI=1S/C11H19N5O/c1-8-9(2)15-16-10(13-8)14-11(7-12)3-5-17-6-4-11/h3-7,12H2,1-2H3,(H,13,14,16). The van der Waals surface area contributed by atoms with Gasteiger partial charge in [0.2, 0.25) is 5.95 Å². The fraction of sp³-hybridized carbons (Fsp3) is 0.727. The number of hydrogen-bond donors (Lipinski definition) is 2. The summed E-state index contributed by atoms with van der Waals surface area (Å²) in [5.74, 6) is 0.556. The van der Waals surface area contributed by atoms with E-state index in [0.717, 1.165) is 37.4 Å². The van der Waals surface area contributed by atoms with E-state index in [4.69, 9.17) is 10.5 Å². The predicted octanol–water partition coefficient (Wildman–Crippen LogP) is 0.408. The molecule has 0 amide bonds. The third kappa shape index (κ3) is 2.70. The fourth-order valence-electron chi connectivity index (χ4n) is 1.89. The van der Waals surface area contributed by atoms with Crippen molar-refractivity contribution in [2.45, 2.75) is 32.2 Å². The molecule has 0 radical (unpaired) electrons. The van der Waals surface area contributed by atoms with Gasteiger partial charge < -0.3 is 15.8 Å². The Kier molecular flexibility index (Phi) is 3.54. The minimum Gasteiger partial charge on any atom is -0.381 e. The Morgan fingerprint density at radius 2 is 1.94 bits per heavy atom. The van der Waals surface area contributed by atoms with E-state index in [1.165, 1.54) is 0 Å². The zero-order valence-corrected chi connectivity index (χ0v) is 10.4. The maximum Gasteiger partial charge on any atom is 0.243 e. The minimum atomic E-state index is -0.151. The maximum atomic E-state index is 5.86. The molecule has 1 aliphatic heterocycles. The van der Waals surface area contributed by atoms with Gasteiger partial charge in [-0.3, -0.25) is 0 Å². The number of hydrogen-bond acceptors (Lipinski definition) is 6. The summed E-state index contributed by atoms with van der Waals surface area (Å²) in [4.78, 5) is 4.38. The summed E-state index contributed by atoms with van der Waals surface area (Å²) in [5.41, 5.74) is 7.45. The van der Waals surface area contributed by atoms with Crippen molar-refractivity contribution < 1.29 is 4.74 Å². The summed E-state index contributed by atoms with van der Waals surface area (Å²) >= 11 is 0. The van der Waals surface area contributed by atoms with E-state index < -0.39 is 0 Å². The molecule has 94 valence electrons. The number of ether oxygens (including phenoxy) is 1. The molecule has 1 aliphatic rings. The lowest BCUT2D eigenvalue weighted by atomic mass is 9.90. The minimum absolute atomic E-state index is 0.151. The molecule has 6 heteroatoms. The van der Waals surface area contributed by atoms with Crippen LogP contribution in [0, 0.1) is 13.8 Å². The second-order valence-electron chi connectivity index (χ2n) is 4.53. The molecule has 0 spiro atoms. The molecular weight excluding hydrogens is 218 g/mol. The Balaban J connectivity index is 2.14. The highest BCUT2D eigenvalue weighted by atomic mass is 16.5. The Hall–Kier alpha value is -1.27. The van der Waals surface area contributed by atoms with Crippen LogP contribution in [0.1, 0.15) is 24.2 Å². The van der Waals surface area contributed by atoms with Crippen molar-refractivity contribution in [1.82, 2.24) is 15.2 Å². The molecule has 6 nitrogen and oxygen atoms in total. The molecule has 1 saturated heterocycles. The van der Waals surface area contributed by atoms with Crippen LogP contribution in [0.5, 0.6) is 0 Å². The van der Waals surface area contributed by atoms with Gasteiger partial charge in [0.1, 0.15) is 0 Å². The van der Waals surface area contributed by atoms with Crippen LogP contribution >= 0.6 is 0 Å². The molecule has 17 heavy (non-hydrogen) atoms. The van der Waals surface area contributed by atoms with E-state index in [-0.39, 0.29) is 5.54 Å². The summed E-state index contributed by atoms with van der Waals surface area (Å²) < 4.78 is 5.36. The Bertz CT molecular complexity index is 389. The quantitative estimate of drug-likeness (QED) is 0.792. The van der Waals surface area contributed by atoms with E-state index in [1.54, 1.807) is 0 Å². The van der Waals surface area contributed by atoms with Crippen LogP contribution in [0.4, 0.5) is 5.95 Å². The largest absolute Gasteiger partial charge is 0.381 e. The number of aromatic nitrogens is 3. The molecule has 0 aromatic carbocycles. The second kappa shape index (κ2) is 4.93. The van der Waals surface area contributed by atoms with Crippen molar-refractivity contribution in [2.75, 3.05) is 25.1 Å². The van der Waals surface area contributed by atoms with Gasteiger partial charge in [0.25, 0.3) is 0 Å². The van der Waals surface area contributed by atoms with Crippen LogP contribution in [0.2, 0.25) is 0 Å². The summed E-state index contributed by atoms with van der Waals surface area (Å²) in [6.07, 6.45) is 1.75. The van der Waals surface area contributed by atoms with E-state index in [0.29, 0.717) is 12.5 Å². The lowest BCUT2D eigenvalue weighted by molar-refractivity contribution is 0.0625. The number of nitrogens with one attached hydrogen (secondary N) is 1. The molecule has 0 aliphatic carbocycles. The molecule has 3 N–H and O–H groups in total. The third-order valence-corrected chi connectivity index (χ3v) is 3.31. The van der Waals surface area contributed by atoms with Gasteiger partial charge in [-0.1, -0.05) is 0 Å². The van der Waals surface area contributed by atoms with Crippen LogP contribution in [0.15, 0.2) is 0 Å². The molecule has 0 atom stereocenters. The number of aryl methyl sites for hydroxylation is 2. The second-order valence-corrected chi connectivity index (χ2v) is 4.53. The molecule has 2 rings (SSSR count). The topological polar surface area (TPSA) is 86.0 Å². The maximum absolute atomic E-state index is 5.86. The van der Waals surface area contributed by atoms with Gasteiger partial charge in [0, 0.05) is 19.8 Å². The van der Waals surface area contributed by atoms with E-state index in [1.807, 2.05) is 13.8 Å². The average molecular weight is 237 g/mol. The first kappa shape index (κ1) is 12.2. The van der Waals surface area contributed by atoms with Crippen molar-refractivity contribution in [3.05, 3.63) is 11.4 Å². The molecular formula is C11H19N5O. The smallest absolute Gasteiger partial charge is 0.243 e. The molecule has 1 aromatic heterocycles. The van der Waals surface area contributed by atoms with Crippen LogP contribution in [0.25, 0.3) is 0 Å². The molecule has 0 saturated carbocycles. The first-order valence-corrected chi connectivity index (χ1v) is 5.89. The molecule has 0 bridgehead atoms. The lowest BCUT2D eigenvalue weighted by Crippen LogP contribution is -2.50. The van der Waals surface area contributed by atoms with E-state index >= 15 is 0 Å². The van der Waals surface area contributed by atoms with Gasteiger partial charge in [0.05, 0.1) is 16.9 Å².